The predicted molar refractivity (Wildman–Crippen MR) is 108 cm³/mol. The lowest BCUT2D eigenvalue weighted by atomic mass is 10.1. The normalized spacial score (nSPS) is 20.4. The largest absolute Gasteiger partial charge is 0.367 e. The molecule has 0 bridgehead atoms. The predicted octanol–water partition coefficient (Wildman–Crippen LogP) is 2.48. The second kappa shape index (κ2) is 7.75. The van der Waals surface area contributed by atoms with Gasteiger partial charge in [-0.1, -0.05) is 24.3 Å². The first kappa shape index (κ1) is 19.3. The number of nitrogens with zero attached hydrogens (tertiary/aromatic N) is 3. The molecule has 2 heterocycles. The monoisotopic (exact) mass is 395 g/mol. The average molecular weight is 395 g/mol. The third-order valence-corrected chi connectivity index (χ3v) is 5.58. The molecule has 2 amide bonds. The van der Waals surface area contributed by atoms with Crippen LogP contribution in [-0.2, 0) is 9.59 Å². The molecular formula is C22H22FN3O3. The summed E-state index contributed by atoms with van der Waals surface area (Å²) in [5.74, 6) is -0.913. The Hall–Kier alpha value is -3.06. The first-order valence-electron chi connectivity index (χ1n) is 9.67. The Kier molecular flexibility index (Phi) is 5.15. The van der Waals surface area contributed by atoms with Crippen molar-refractivity contribution in [1.82, 2.24) is 4.90 Å². The molecule has 0 N–H and O–H groups in total. The van der Waals surface area contributed by atoms with Crippen LogP contribution < -0.4 is 9.80 Å². The lowest BCUT2D eigenvalue weighted by Crippen LogP contribution is -2.52. The molecule has 1 unspecified atom stereocenters. The summed E-state index contributed by atoms with van der Waals surface area (Å²) in [5.41, 5.74) is 1.45. The van der Waals surface area contributed by atoms with Gasteiger partial charge in [-0.05, 0) is 31.2 Å². The Morgan fingerprint density at radius 2 is 1.72 bits per heavy atom. The van der Waals surface area contributed by atoms with Gasteiger partial charge in [0.15, 0.2) is 5.78 Å². The highest BCUT2D eigenvalue weighted by Gasteiger charge is 2.43. The van der Waals surface area contributed by atoms with E-state index in [-0.39, 0.29) is 29.8 Å². The van der Waals surface area contributed by atoms with E-state index < -0.39 is 6.04 Å². The molecular weight excluding hydrogens is 373 g/mol. The van der Waals surface area contributed by atoms with Gasteiger partial charge < -0.3 is 4.90 Å². The summed E-state index contributed by atoms with van der Waals surface area (Å²) < 4.78 is 14.0. The smallest absolute Gasteiger partial charge is 0.251 e. The van der Waals surface area contributed by atoms with Gasteiger partial charge in [-0.15, -0.1) is 0 Å². The topological polar surface area (TPSA) is 60.9 Å². The van der Waals surface area contributed by atoms with Crippen molar-refractivity contribution in [3.05, 3.63) is 59.9 Å². The fourth-order valence-corrected chi connectivity index (χ4v) is 4.02. The van der Waals surface area contributed by atoms with E-state index in [0.29, 0.717) is 43.1 Å². The standard InChI is InChI=1S/C22H22FN3O3/c1-15(27)16-5-4-6-17(13-16)26-21(28)14-20(22(26)29)25-11-9-24(10-12-25)19-8-3-2-7-18(19)23/h2-8,13,20H,9-12,14H2,1H3. The van der Waals surface area contributed by atoms with E-state index in [2.05, 4.69) is 0 Å². The molecule has 2 saturated heterocycles. The number of amides is 2. The zero-order valence-corrected chi connectivity index (χ0v) is 16.2. The van der Waals surface area contributed by atoms with Crippen LogP contribution in [0.5, 0.6) is 0 Å². The van der Waals surface area contributed by atoms with Crippen molar-refractivity contribution >= 4 is 29.0 Å². The van der Waals surface area contributed by atoms with Crippen LogP contribution in [0.1, 0.15) is 23.7 Å². The first-order valence-corrected chi connectivity index (χ1v) is 9.67. The SMILES string of the molecule is CC(=O)c1cccc(N2C(=O)CC(N3CCN(c4ccccc4F)CC3)C2=O)c1. The van der Waals surface area contributed by atoms with Crippen LogP contribution in [-0.4, -0.2) is 54.7 Å². The number of para-hydroxylation sites is 1. The number of hydrogen-bond donors (Lipinski definition) is 0. The van der Waals surface area contributed by atoms with Crippen molar-refractivity contribution in [3.8, 4) is 0 Å². The van der Waals surface area contributed by atoms with Gasteiger partial charge in [0.1, 0.15) is 5.82 Å². The molecule has 0 spiro atoms. The van der Waals surface area contributed by atoms with Gasteiger partial charge >= 0.3 is 0 Å². The Morgan fingerprint density at radius 1 is 1.00 bits per heavy atom. The van der Waals surface area contributed by atoms with Crippen LogP contribution in [0.25, 0.3) is 0 Å². The van der Waals surface area contributed by atoms with Crippen LogP contribution in [0.4, 0.5) is 15.8 Å². The number of hydrogen-bond acceptors (Lipinski definition) is 5. The Morgan fingerprint density at radius 3 is 2.41 bits per heavy atom. The van der Waals surface area contributed by atoms with Crippen LogP contribution in [0, 0.1) is 5.82 Å². The van der Waals surface area contributed by atoms with Crippen molar-refractivity contribution in [3.63, 3.8) is 0 Å². The first-order chi connectivity index (χ1) is 14.0. The fourth-order valence-electron chi connectivity index (χ4n) is 4.02. The highest BCUT2D eigenvalue weighted by molar-refractivity contribution is 6.22. The number of rotatable bonds is 4. The maximum atomic E-state index is 14.0. The summed E-state index contributed by atoms with van der Waals surface area (Å²) in [6.45, 7) is 3.75. The van der Waals surface area contributed by atoms with E-state index in [1.807, 2.05) is 9.80 Å². The second-order valence-electron chi connectivity index (χ2n) is 7.37. The van der Waals surface area contributed by atoms with Crippen molar-refractivity contribution in [1.29, 1.82) is 0 Å². The maximum absolute atomic E-state index is 14.0. The van der Waals surface area contributed by atoms with Gasteiger partial charge in [0.25, 0.3) is 5.91 Å². The lowest BCUT2D eigenvalue weighted by Gasteiger charge is -2.38. The lowest BCUT2D eigenvalue weighted by molar-refractivity contribution is -0.123. The maximum Gasteiger partial charge on any atom is 0.251 e. The molecule has 4 rings (SSSR count). The number of piperazine rings is 1. The summed E-state index contributed by atoms with van der Waals surface area (Å²) >= 11 is 0. The minimum atomic E-state index is -0.522. The fraction of sp³-hybridized carbons (Fsp3) is 0.318. The molecule has 2 aliphatic heterocycles. The minimum absolute atomic E-state index is 0.114. The third kappa shape index (κ3) is 3.65. The zero-order valence-electron chi connectivity index (χ0n) is 16.2. The number of carbonyl (C=O) groups excluding carboxylic acids is 3. The van der Waals surface area contributed by atoms with Crippen molar-refractivity contribution in [2.75, 3.05) is 36.0 Å². The van der Waals surface area contributed by atoms with E-state index in [1.54, 1.807) is 42.5 Å². The molecule has 0 aliphatic carbocycles. The Labute approximate surface area is 168 Å². The highest BCUT2D eigenvalue weighted by Crippen LogP contribution is 2.28. The van der Waals surface area contributed by atoms with Crippen LogP contribution in [0.2, 0.25) is 0 Å². The van der Waals surface area contributed by atoms with Gasteiger partial charge in [0.05, 0.1) is 23.8 Å². The molecule has 29 heavy (non-hydrogen) atoms. The zero-order chi connectivity index (χ0) is 20.5. The Bertz CT molecular complexity index is 969. The molecule has 7 heteroatoms. The van der Waals surface area contributed by atoms with Crippen LogP contribution in [0.3, 0.4) is 0 Å². The molecule has 2 aromatic rings. The van der Waals surface area contributed by atoms with Crippen molar-refractivity contribution < 1.29 is 18.8 Å². The number of carbonyl (C=O) groups is 3. The molecule has 2 fully saturated rings. The number of Topliss-reactive ketones (excluding diaryl/α,β-unsaturated/α-hetero) is 1. The quantitative estimate of drug-likeness (QED) is 0.588. The van der Waals surface area contributed by atoms with Gasteiger partial charge in [0.2, 0.25) is 5.91 Å². The minimum Gasteiger partial charge on any atom is -0.367 e. The van der Waals surface area contributed by atoms with Crippen LogP contribution in [0.15, 0.2) is 48.5 Å². The molecule has 0 radical (unpaired) electrons. The molecule has 150 valence electrons. The van der Waals surface area contributed by atoms with Gasteiger partial charge in [-0.3, -0.25) is 19.3 Å². The summed E-state index contributed by atoms with van der Waals surface area (Å²) in [4.78, 5) is 42.4. The molecule has 2 aliphatic rings. The number of benzene rings is 2. The van der Waals surface area contributed by atoms with E-state index in [9.17, 15) is 18.8 Å². The number of ketones is 1. The summed E-state index contributed by atoms with van der Waals surface area (Å²) in [6.07, 6.45) is 0.114. The molecule has 1 atom stereocenters. The third-order valence-electron chi connectivity index (χ3n) is 5.58. The van der Waals surface area contributed by atoms with Gasteiger partial charge in [0, 0.05) is 31.7 Å². The van der Waals surface area contributed by atoms with E-state index >= 15 is 0 Å². The summed E-state index contributed by atoms with van der Waals surface area (Å²) in [7, 11) is 0. The summed E-state index contributed by atoms with van der Waals surface area (Å²) in [5, 5.41) is 0. The molecule has 2 aromatic carbocycles. The number of imide groups is 1. The van der Waals surface area contributed by atoms with Crippen molar-refractivity contribution in [2.24, 2.45) is 0 Å². The second-order valence-corrected chi connectivity index (χ2v) is 7.37. The molecule has 6 nitrogen and oxygen atoms in total. The van der Waals surface area contributed by atoms with Crippen LogP contribution >= 0.6 is 0 Å². The van der Waals surface area contributed by atoms with Gasteiger partial charge in [-0.2, -0.15) is 0 Å². The van der Waals surface area contributed by atoms with Crippen molar-refractivity contribution in [2.45, 2.75) is 19.4 Å². The molecule has 0 aromatic heterocycles. The van der Waals surface area contributed by atoms with Gasteiger partial charge in [-0.25, -0.2) is 9.29 Å². The number of halogens is 1. The Balaban J connectivity index is 1.47. The van der Waals surface area contributed by atoms with E-state index in [0.717, 1.165) is 0 Å². The summed E-state index contributed by atoms with van der Waals surface area (Å²) in [6, 6.07) is 12.7. The number of anilines is 2. The van der Waals surface area contributed by atoms with E-state index in [1.165, 1.54) is 17.9 Å². The molecule has 0 saturated carbocycles. The average Bonchev–Trinajstić information content (AvgIpc) is 3.02. The van der Waals surface area contributed by atoms with E-state index in [4.69, 9.17) is 0 Å². The highest BCUT2D eigenvalue weighted by atomic mass is 19.1.